The van der Waals surface area contributed by atoms with Gasteiger partial charge in [0, 0.05) is 12.0 Å². The molecule has 4 heteroatoms. The zero-order chi connectivity index (χ0) is 16.0. The van der Waals surface area contributed by atoms with Gasteiger partial charge in [0.05, 0.1) is 19.3 Å². The molecule has 1 aliphatic rings. The second-order valence-corrected chi connectivity index (χ2v) is 6.57. The zero-order valence-corrected chi connectivity index (χ0v) is 14.2. The van der Waals surface area contributed by atoms with Gasteiger partial charge in [0.1, 0.15) is 0 Å². The van der Waals surface area contributed by atoms with Crippen LogP contribution in [0.15, 0.2) is 12.2 Å². The summed E-state index contributed by atoms with van der Waals surface area (Å²) in [5.74, 6) is 0.328. The molecule has 0 aromatic heterocycles. The Morgan fingerprint density at radius 1 is 1.43 bits per heavy atom. The third kappa shape index (κ3) is 6.18. The molecule has 1 heterocycles. The number of esters is 1. The molecule has 0 amide bonds. The highest BCUT2D eigenvalue weighted by molar-refractivity contribution is 5.81. The Balaban J connectivity index is 2.51. The van der Waals surface area contributed by atoms with Gasteiger partial charge in [-0.1, -0.05) is 26.8 Å². The van der Waals surface area contributed by atoms with Crippen LogP contribution in [0.4, 0.5) is 0 Å². The predicted molar refractivity (Wildman–Crippen MR) is 82.8 cm³/mol. The van der Waals surface area contributed by atoms with Crippen molar-refractivity contribution in [1.29, 1.82) is 0 Å². The van der Waals surface area contributed by atoms with Crippen molar-refractivity contribution in [3.63, 3.8) is 0 Å². The summed E-state index contributed by atoms with van der Waals surface area (Å²) in [6, 6.07) is 0. The summed E-state index contributed by atoms with van der Waals surface area (Å²) in [4.78, 5) is 11.3. The van der Waals surface area contributed by atoms with Gasteiger partial charge >= 0.3 is 5.97 Å². The summed E-state index contributed by atoms with van der Waals surface area (Å²) >= 11 is 0. The van der Waals surface area contributed by atoms with Crippen LogP contribution in [-0.4, -0.2) is 31.1 Å². The highest BCUT2D eigenvalue weighted by Gasteiger charge is 2.37. The molecular formula is C17H30O4. The van der Waals surface area contributed by atoms with Crippen LogP contribution < -0.4 is 0 Å². The van der Waals surface area contributed by atoms with Crippen molar-refractivity contribution < 1.29 is 19.0 Å². The lowest BCUT2D eigenvalue weighted by molar-refractivity contribution is -0.300. The van der Waals surface area contributed by atoms with Crippen LogP contribution in [-0.2, 0) is 19.0 Å². The Morgan fingerprint density at radius 2 is 2.10 bits per heavy atom. The van der Waals surface area contributed by atoms with Gasteiger partial charge < -0.3 is 14.2 Å². The third-order valence-electron chi connectivity index (χ3n) is 3.83. The molecule has 1 fully saturated rings. The van der Waals surface area contributed by atoms with Crippen LogP contribution in [0.5, 0.6) is 0 Å². The van der Waals surface area contributed by atoms with E-state index in [0.717, 1.165) is 13.0 Å². The smallest absolute Gasteiger partial charge is 0.330 e. The van der Waals surface area contributed by atoms with E-state index in [-0.39, 0.29) is 12.1 Å². The minimum atomic E-state index is -0.505. The minimum absolute atomic E-state index is 0.187. The molecule has 4 nitrogen and oxygen atoms in total. The Morgan fingerprint density at radius 3 is 2.71 bits per heavy atom. The maximum atomic E-state index is 11.3. The van der Waals surface area contributed by atoms with E-state index in [1.807, 2.05) is 26.8 Å². The lowest BCUT2D eigenvalue weighted by atomic mass is 9.86. The van der Waals surface area contributed by atoms with Crippen LogP contribution in [0.1, 0.15) is 48.0 Å². The molecule has 21 heavy (non-hydrogen) atoms. The van der Waals surface area contributed by atoms with Crippen molar-refractivity contribution in [2.45, 2.75) is 59.9 Å². The largest absolute Gasteiger partial charge is 0.463 e. The first-order valence-corrected chi connectivity index (χ1v) is 7.92. The molecule has 0 unspecified atom stereocenters. The molecule has 122 valence electrons. The van der Waals surface area contributed by atoms with E-state index in [2.05, 4.69) is 20.8 Å². The summed E-state index contributed by atoms with van der Waals surface area (Å²) in [7, 11) is 0. The quantitative estimate of drug-likeness (QED) is 0.555. The van der Waals surface area contributed by atoms with Crippen LogP contribution in [0.3, 0.4) is 0 Å². The Bertz CT molecular complexity index is 362. The first-order chi connectivity index (χ1) is 9.75. The summed E-state index contributed by atoms with van der Waals surface area (Å²) in [5, 5.41) is 0. The van der Waals surface area contributed by atoms with Crippen molar-refractivity contribution >= 4 is 5.97 Å². The molecule has 0 N–H and O–H groups in total. The van der Waals surface area contributed by atoms with Gasteiger partial charge in [-0.25, -0.2) is 4.79 Å². The van der Waals surface area contributed by atoms with Crippen LogP contribution in [0.25, 0.3) is 0 Å². The highest BCUT2D eigenvalue weighted by atomic mass is 16.7. The number of allylic oxidation sites excluding steroid dienone is 1. The fourth-order valence-electron chi connectivity index (χ4n) is 2.81. The number of rotatable bonds is 6. The lowest BCUT2D eigenvalue weighted by Crippen LogP contribution is -2.47. The molecule has 0 bridgehead atoms. The Labute approximate surface area is 128 Å². The van der Waals surface area contributed by atoms with Gasteiger partial charge in [-0.3, -0.25) is 0 Å². The molecule has 0 saturated carbocycles. The van der Waals surface area contributed by atoms with Gasteiger partial charge in [-0.2, -0.15) is 0 Å². The van der Waals surface area contributed by atoms with Gasteiger partial charge in [-0.05, 0) is 39.0 Å². The van der Waals surface area contributed by atoms with Gasteiger partial charge in [0.15, 0.2) is 5.79 Å². The van der Waals surface area contributed by atoms with E-state index >= 15 is 0 Å². The minimum Gasteiger partial charge on any atom is -0.463 e. The van der Waals surface area contributed by atoms with E-state index < -0.39 is 5.79 Å². The van der Waals surface area contributed by atoms with Crippen molar-refractivity contribution in [2.75, 3.05) is 13.2 Å². The maximum absolute atomic E-state index is 11.3. The van der Waals surface area contributed by atoms with Gasteiger partial charge in [-0.15, -0.1) is 0 Å². The van der Waals surface area contributed by atoms with Crippen molar-refractivity contribution in [2.24, 2.45) is 17.8 Å². The average Bonchev–Trinajstić information content (AvgIpc) is 2.39. The molecule has 0 aromatic rings. The van der Waals surface area contributed by atoms with Crippen molar-refractivity contribution in [1.82, 2.24) is 0 Å². The summed E-state index contributed by atoms with van der Waals surface area (Å²) in [5.41, 5.74) is 0. The number of carbonyl (C=O) groups excluding carboxylic acids is 1. The molecule has 1 aliphatic heterocycles. The topological polar surface area (TPSA) is 44.8 Å². The molecule has 0 spiro atoms. The molecule has 1 rings (SSSR count). The number of hydrogen-bond donors (Lipinski definition) is 0. The summed E-state index contributed by atoms with van der Waals surface area (Å²) in [6.07, 6.45) is 4.61. The number of ether oxygens (including phenoxy) is 3. The normalized spacial score (nSPS) is 28.3. The van der Waals surface area contributed by atoms with Crippen LogP contribution in [0, 0.1) is 17.8 Å². The SMILES string of the molecule is CCOC(=O)/C=C/[C@H](C)C[C@@H](C)[C@@H]1OC(C)(C)OC[C@H]1C. The Hall–Kier alpha value is -0.870. The monoisotopic (exact) mass is 298 g/mol. The summed E-state index contributed by atoms with van der Waals surface area (Å²) in [6.45, 7) is 13.4. The van der Waals surface area contributed by atoms with Crippen LogP contribution in [0.2, 0.25) is 0 Å². The predicted octanol–water partition coefficient (Wildman–Crippen LogP) is 3.56. The molecule has 0 aromatic carbocycles. The third-order valence-corrected chi connectivity index (χ3v) is 3.83. The second-order valence-electron chi connectivity index (χ2n) is 6.57. The van der Waals surface area contributed by atoms with E-state index in [0.29, 0.717) is 24.4 Å². The summed E-state index contributed by atoms with van der Waals surface area (Å²) < 4.78 is 16.6. The zero-order valence-electron chi connectivity index (χ0n) is 14.2. The molecule has 1 saturated heterocycles. The number of carbonyl (C=O) groups is 1. The molecule has 4 atom stereocenters. The average molecular weight is 298 g/mol. The molecule has 0 radical (unpaired) electrons. The number of hydrogen-bond acceptors (Lipinski definition) is 4. The van der Waals surface area contributed by atoms with Gasteiger partial charge in [0.2, 0.25) is 0 Å². The molecule has 0 aliphatic carbocycles. The fraction of sp³-hybridized carbons (Fsp3) is 0.824. The van der Waals surface area contributed by atoms with E-state index in [1.54, 1.807) is 0 Å². The van der Waals surface area contributed by atoms with E-state index in [4.69, 9.17) is 14.2 Å². The van der Waals surface area contributed by atoms with Gasteiger partial charge in [0.25, 0.3) is 0 Å². The maximum Gasteiger partial charge on any atom is 0.330 e. The van der Waals surface area contributed by atoms with Crippen molar-refractivity contribution in [3.05, 3.63) is 12.2 Å². The van der Waals surface area contributed by atoms with Crippen LogP contribution >= 0.6 is 0 Å². The highest BCUT2D eigenvalue weighted by Crippen LogP contribution is 2.32. The molecular weight excluding hydrogens is 268 g/mol. The standard InChI is InChI=1S/C17H30O4/c1-7-19-15(18)9-8-12(2)10-13(3)16-14(4)11-20-17(5,6)21-16/h8-9,12-14,16H,7,10-11H2,1-6H3/b9-8+/t12-,13+,14+,16-/m0/s1. The first-order valence-electron chi connectivity index (χ1n) is 7.92. The van der Waals surface area contributed by atoms with E-state index in [1.165, 1.54) is 6.08 Å². The lowest BCUT2D eigenvalue weighted by Gasteiger charge is -2.42. The fourth-order valence-corrected chi connectivity index (χ4v) is 2.81. The first kappa shape index (κ1) is 18.2. The second kappa shape index (κ2) is 7.95. The Kier molecular flexibility index (Phi) is 6.88. The van der Waals surface area contributed by atoms with E-state index in [9.17, 15) is 4.79 Å². The van der Waals surface area contributed by atoms with Crippen molar-refractivity contribution in [3.8, 4) is 0 Å².